The summed E-state index contributed by atoms with van der Waals surface area (Å²) in [5.41, 5.74) is -26.1. The van der Waals surface area contributed by atoms with E-state index >= 15 is 0 Å². The number of fused-ring (bicyclic) bond motifs is 1. The summed E-state index contributed by atoms with van der Waals surface area (Å²) in [7, 11) is 0.167. The minimum atomic E-state index is -7.59. The molecule has 1 heterocycles. The van der Waals surface area contributed by atoms with E-state index in [4.69, 9.17) is 0 Å². The van der Waals surface area contributed by atoms with Crippen molar-refractivity contribution in [3.8, 4) is 5.75 Å². The van der Waals surface area contributed by atoms with Crippen LogP contribution in [0.5, 0.6) is 5.75 Å². The molecule has 0 atom stereocenters. The van der Waals surface area contributed by atoms with Gasteiger partial charge in [-0.05, 0) is 0 Å². The largest absolute Gasteiger partial charge is 0.491 e. The van der Waals surface area contributed by atoms with Crippen LogP contribution in [0, 0.1) is 23.3 Å². The number of hydrogen-bond donors (Lipinski definition) is 0. The maximum atomic E-state index is 14.8. The number of halogens is 18. The predicted octanol–water partition coefficient (Wildman–Crippen LogP) is 7.38. The summed E-state index contributed by atoms with van der Waals surface area (Å²) in [5, 5.41) is -3.09. The van der Waals surface area contributed by atoms with Crippen LogP contribution in [0.4, 0.5) is 79.0 Å². The molecule has 1 aromatic carbocycles. The van der Waals surface area contributed by atoms with E-state index in [0.29, 0.717) is 0 Å². The fourth-order valence-electron chi connectivity index (χ4n) is 2.95. The number of rotatable bonds is 3. The number of pyridine rings is 1. The SMILES string of the molecule is COc1c(F)c(F)c2nc(C(F)(C(F)(F)F)C(F)(F)F)c(F)c(C(F)(C(F)(F)F)C(F)(F)F)c2c1F. The number of alkyl halides is 14. The predicted molar refractivity (Wildman–Crippen MR) is 77.9 cm³/mol. The van der Waals surface area contributed by atoms with Gasteiger partial charge in [0, 0.05) is 0 Å². The number of aromatic nitrogens is 1. The normalized spacial score (nSPS) is 14.5. The van der Waals surface area contributed by atoms with Gasteiger partial charge in [0.05, 0.1) is 18.1 Å². The molecule has 0 fully saturated rings. The Morgan fingerprint density at radius 3 is 1.25 bits per heavy atom. The molecule has 0 aliphatic carbocycles. The van der Waals surface area contributed by atoms with Crippen LogP contribution < -0.4 is 4.74 Å². The van der Waals surface area contributed by atoms with Crippen molar-refractivity contribution in [3.63, 3.8) is 0 Å². The average molecular weight is 567 g/mol. The van der Waals surface area contributed by atoms with Crippen molar-refractivity contribution in [3.05, 3.63) is 34.5 Å². The molecular weight excluding hydrogens is 564 g/mol. The van der Waals surface area contributed by atoms with E-state index in [1.54, 1.807) is 4.98 Å². The standard InChI is InChI=1S/C16H3F18NO/c1-36-9-4(17)2-3(11(21,13(23,24)25)14(26,27)28)5(18)10(35-8(2)6(19)7(9)20)12(22,15(29,30)31)16(32,33)34/h1H3. The van der Waals surface area contributed by atoms with Crippen LogP contribution in [0.1, 0.15) is 11.3 Å². The molecule has 2 aromatic rings. The number of benzene rings is 1. The van der Waals surface area contributed by atoms with Crippen molar-refractivity contribution in [2.24, 2.45) is 0 Å². The van der Waals surface area contributed by atoms with Crippen LogP contribution in [-0.2, 0) is 11.3 Å². The fraction of sp³-hybridized carbons (Fsp3) is 0.438. The van der Waals surface area contributed by atoms with Gasteiger partial charge in [0.15, 0.2) is 23.2 Å². The molecule has 0 radical (unpaired) electrons. The molecule has 36 heavy (non-hydrogen) atoms. The van der Waals surface area contributed by atoms with Crippen LogP contribution in [-0.4, -0.2) is 36.8 Å². The minimum Gasteiger partial charge on any atom is -0.491 e. The van der Waals surface area contributed by atoms with E-state index in [0.717, 1.165) is 0 Å². The maximum Gasteiger partial charge on any atom is 0.437 e. The van der Waals surface area contributed by atoms with Crippen molar-refractivity contribution in [1.82, 2.24) is 4.98 Å². The zero-order chi connectivity index (χ0) is 28.6. The molecule has 0 amide bonds. The molecule has 0 saturated heterocycles. The van der Waals surface area contributed by atoms with Gasteiger partial charge < -0.3 is 4.74 Å². The Labute approximate surface area is 184 Å². The minimum absolute atomic E-state index is 0.167. The number of ether oxygens (including phenoxy) is 1. The zero-order valence-electron chi connectivity index (χ0n) is 16.2. The fourth-order valence-corrected chi connectivity index (χ4v) is 2.95. The second-order valence-corrected chi connectivity index (χ2v) is 6.66. The van der Waals surface area contributed by atoms with Gasteiger partial charge in [-0.25, -0.2) is 26.9 Å². The zero-order valence-corrected chi connectivity index (χ0v) is 16.2. The molecule has 204 valence electrons. The topological polar surface area (TPSA) is 22.1 Å². The summed E-state index contributed by atoms with van der Waals surface area (Å²) >= 11 is 0. The molecule has 2 nitrogen and oxygen atoms in total. The number of nitrogens with zero attached hydrogens (tertiary/aromatic N) is 1. The Bertz CT molecular complexity index is 1160. The van der Waals surface area contributed by atoms with Crippen LogP contribution >= 0.6 is 0 Å². The summed E-state index contributed by atoms with van der Waals surface area (Å²) in [5.74, 6) is -15.7. The van der Waals surface area contributed by atoms with E-state index in [1.807, 2.05) is 0 Å². The van der Waals surface area contributed by atoms with Crippen molar-refractivity contribution in [1.29, 1.82) is 0 Å². The number of hydrogen-bond acceptors (Lipinski definition) is 2. The number of methoxy groups -OCH3 is 1. The third-order valence-corrected chi connectivity index (χ3v) is 4.59. The Kier molecular flexibility index (Phi) is 6.60. The molecular formula is C16H3F18NO. The Morgan fingerprint density at radius 2 is 0.917 bits per heavy atom. The van der Waals surface area contributed by atoms with Gasteiger partial charge >= 0.3 is 36.0 Å². The van der Waals surface area contributed by atoms with Crippen molar-refractivity contribution >= 4 is 10.9 Å². The first-order chi connectivity index (χ1) is 15.8. The molecule has 2 rings (SSSR count). The highest BCUT2D eigenvalue weighted by atomic mass is 19.4. The molecule has 0 aliphatic rings. The van der Waals surface area contributed by atoms with Gasteiger partial charge in [-0.15, -0.1) is 0 Å². The summed E-state index contributed by atoms with van der Waals surface area (Å²) in [6, 6.07) is 0. The van der Waals surface area contributed by atoms with Crippen LogP contribution in [0.25, 0.3) is 10.9 Å². The monoisotopic (exact) mass is 567 g/mol. The van der Waals surface area contributed by atoms with E-state index in [-0.39, 0.29) is 7.11 Å². The van der Waals surface area contributed by atoms with Crippen molar-refractivity contribution in [2.75, 3.05) is 7.11 Å². The molecule has 1 aromatic heterocycles. The van der Waals surface area contributed by atoms with E-state index < -0.39 is 87.2 Å². The Morgan fingerprint density at radius 1 is 0.528 bits per heavy atom. The summed E-state index contributed by atoms with van der Waals surface area (Å²) < 4.78 is 248. The molecule has 0 spiro atoms. The quantitative estimate of drug-likeness (QED) is 0.286. The van der Waals surface area contributed by atoms with Gasteiger partial charge in [0.2, 0.25) is 5.82 Å². The lowest BCUT2D eigenvalue weighted by Crippen LogP contribution is -2.54. The second kappa shape index (κ2) is 8.09. The van der Waals surface area contributed by atoms with Crippen LogP contribution in [0.15, 0.2) is 0 Å². The van der Waals surface area contributed by atoms with E-state index in [9.17, 15) is 79.0 Å². The molecule has 0 bridgehead atoms. The van der Waals surface area contributed by atoms with E-state index in [2.05, 4.69) is 4.74 Å². The molecule has 0 saturated carbocycles. The van der Waals surface area contributed by atoms with Gasteiger partial charge in [-0.3, -0.25) is 0 Å². The smallest absolute Gasteiger partial charge is 0.437 e. The van der Waals surface area contributed by atoms with Gasteiger partial charge in [0.25, 0.3) is 0 Å². The van der Waals surface area contributed by atoms with Gasteiger partial charge in [0.1, 0.15) is 11.2 Å². The third kappa shape index (κ3) is 3.73. The molecule has 0 N–H and O–H groups in total. The average Bonchev–Trinajstić information content (AvgIpc) is 2.67. The summed E-state index contributed by atoms with van der Waals surface area (Å²) in [6.45, 7) is 0. The Balaban J connectivity index is 3.50. The first kappa shape index (κ1) is 29.4. The molecule has 20 heteroatoms. The molecule has 0 unspecified atom stereocenters. The lowest BCUT2D eigenvalue weighted by atomic mass is 9.86. The third-order valence-electron chi connectivity index (χ3n) is 4.59. The maximum absolute atomic E-state index is 14.8. The van der Waals surface area contributed by atoms with E-state index in [1.165, 1.54) is 0 Å². The molecule has 0 aliphatic heterocycles. The summed E-state index contributed by atoms with van der Waals surface area (Å²) in [6.07, 6.45) is -30.2. The summed E-state index contributed by atoms with van der Waals surface area (Å²) in [4.78, 5) is 1.71. The first-order valence-corrected chi connectivity index (χ1v) is 8.21. The second-order valence-electron chi connectivity index (χ2n) is 6.66. The van der Waals surface area contributed by atoms with Crippen LogP contribution in [0.2, 0.25) is 0 Å². The highest BCUT2D eigenvalue weighted by Gasteiger charge is 2.79. The first-order valence-electron chi connectivity index (χ1n) is 8.21. The van der Waals surface area contributed by atoms with Gasteiger partial charge in [-0.1, -0.05) is 0 Å². The highest BCUT2D eigenvalue weighted by Crippen LogP contribution is 2.59. The lowest BCUT2D eigenvalue weighted by molar-refractivity contribution is -0.352. The van der Waals surface area contributed by atoms with Crippen molar-refractivity contribution in [2.45, 2.75) is 36.0 Å². The highest BCUT2D eigenvalue weighted by molar-refractivity contribution is 5.87. The van der Waals surface area contributed by atoms with Gasteiger partial charge in [-0.2, -0.15) is 57.1 Å². The van der Waals surface area contributed by atoms with Crippen molar-refractivity contribution < 1.29 is 83.8 Å². The Hall–Kier alpha value is -2.83. The lowest BCUT2D eigenvalue weighted by Gasteiger charge is -2.34. The van der Waals surface area contributed by atoms with Crippen LogP contribution in [0.3, 0.4) is 0 Å².